The summed E-state index contributed by atoms with van der Waals surface area (Å²) in [7, 11) is 0. The molecule has 136 valence electrons. The number of aryl methyl sites for hydroxylation is 1. The summed E-state index contributed by atoms with van der Waals surface area (Å²) in [4.78, 5) is 2.60. The Kier molecular flexibility index (Phi) is 5.61. The lowest BCUT2D eigenvalue weighted by Crippen LogP contribution is -2.27. The lowest BCUT2D eigenvalue weighted by Gasteiger charge is -2.21. The standard InChI is InChI=1S/C22H22Cl3N/c23-18-7-6-16-12-17-14-26(10-2-4-19(17)20(16)13-18)9-1-3-15-5-8-21(24)22(25)11-15/h5-8,11,13H,1-4,9-10,12,14H2. The van der Waals surface area contributed by atoms with Gasteiger partial charge >= 0.3 is 0 Å². The zero-order valence-corrected chi connectivity index (χ0v) is 17.0. The average molecular weight is 407 g/mol. The molecule has 1 aliphatic carbocycles. The van der Waals surface area contributed by atoms with Crippen molar-refractivity contribution in [2.45, 2.75) is 32.1 Å². The molecular weight excluding hydrogens is 385 g/mol. The third-order valence-corrected chi connectivity index (χ3v) is 6.44. The summed E-state index contributed by atoms with van der Waals surface area (Å²) in [6.07, 6.45) is 5.66. The SMILES string of the molecule is Clc1ccc2c(c1)C1=C(C2)CN(CCCc2ccc(Cl)c(Cl)c2)CCC1. The normalized spacial score (nSPS) is 17.2. The van der Waals surface area contributed by atoms with Crippen molar-refractivity contribution in [1.29, 1.82) is 0 Å². The Morgan fingerprint density at radius 3 is 2.69 bits per heavy atom. The molecule has 2 aromatic rings. The maximum absolute atomic E-state index is 6.22. The van der Waals surface area contributed by atoms with Gasteiger partial charge in [0, 0.05) is 11.6 Å². The molecule has 1 aliphatic heterocycles. The minimum absolute atomic E-state index is 0.628. The summed E-state index contributed by atoms with van der Waals surface area (Å²) in [5, 5.41) is 2.12. The van der Waals surface area contributed by atoms with Crippen LogP contribution in [0, 0.1) is 0 Å². The van der Waals surface area contributed by atoms with E-state index in [1.165, 1.54) is 36.1 Å². The molecular formula is C22H22Cl3N. The van der Waals surface area contributed by atoms with Crippen molar-refractivity contribution in [2.24, 2.45) is 0 Å². The van der Waals surface area contributed by atoms with Crippen LogP contribution in [0.3, 0.4) is 0 Å². The summed E-state index contributed by atoms with van der Waals surface area (Å²) in [6.45, 7) is 3.38. The first-order valence-electron chi connectivity index (χ1n) is 9.26. The van der Waals surface area contributed by atoms with Crippen molar-refractivity contribution in [1.82, 2.24) is 4.90 Å². The van der Waals surface area contributed by atoms with E-state index in [1.807, 2.05) is 18.2 Å². The fraction of sp³-hybridized carbons (Fsp3) is 0.364. The van der Waals surface area contributed by atoms with E-state index in [0.29, 0.717) is 10.0 Å². The molecule has 0 spiro atoms. The summed E-state index contributed by atoms with van der Waals surface area (Å²) in [5.74, 6) is 0. The number of hydrogen-bond donors (Lipinski definition) is 0. The van der Waals surface area contributed by atoms with Crippen LogP contribution in [0.4, 0.5) is 0 Å². The summed E-state index contributed by atoms with van der Waals surface area (Å²) < 4.78 is 0. The van der Waals surface area contributed by atoms with Gasteiger partial charge in [0.25, 0.3) is 0 Å². The monoisotopic (exact) mass is 405 g/mol. The lowest BCUT2D eigenvalue weighted by molar-refractivity contribution is 0.294. The van der Waals surface area contributed by atoms with Crippen molar-refractivity contribution in [3.05, 3.63) is 73.7 Å². The first-order valence-corrected chi connectivity index (χ1v) is 10.4. The van der Waals surface area contributed by atoms with E-state index < -0.39 is 0 Å². The maximum Gasteiger partial charge on any atom is 0.0595 e. The number of rotatable bonds is 4. The summed E-state index contributed by atoms with van der Waals surface area (Å²) in [5.41, 5.74) is 7.24. The molecule has 0 bridgehead atoms. The Hall–Kier alpha value is -0.990. The van der Waals surface area contributed by atoms with Crippen LogP contribution in [-0.2, 0) is 12.8 Å². The van der Waals surface area contributed by atoms with Gasteiger partial charge in [-0.1, -0.05) is 46.9 Å². The number of hydrogen-bond acceptors (Lipinski definition) is 1. The molecule has 4 heteroatoms. The number of allylic oxidation sites excluding steroid dienone is 1. The second-order valence-electron chi connectivity index (χ2n) is 7.29. The molecule has 0 radical (unpaired) electrons. The van der Waals surface area contributed by atoms with E-state index in [9.17, 15) is 0 Å². The number of nitrogens with zero attached hydrogens (tertiary/aromatic N) is 1. The third kappa shape index (κ3) is 3.97. The van der Waals surface area contributed by atoms with Gasteiger partial charge in [-0.3, -0.25) is 4.90 Å². The van der Waals surface area contributed by atoms with Gasteiger partial charge < -0.3 is 0 Å². The minimum atomic E-state index is 0.628. The second-order valence-corrected chi connectivity index (χ2v) is 8.54. The van der Waals surface area contributed by atoms with E-state index >= 15 is 0 Å². The Morgan fingerprint density at radius 1 is 0.962 bits per heavy atom. The predicted molar refractivity (Wildman–Crippen MR) is 113 cm³/mol. The van der Waals surface area contributed by atoms with Crippen molar-refractivity contribution in [3.63, 3.8) is 0 Å². The Balaban J connectivity index is 1.38. The van der Waals surface area contributed by atoms with Gasteiger partial charge in [-0.15, -0.1) is 0 Å². The lowest BCUT2D eigenvalue weighted by atomic mass is 10.0. The van der Waals surface area contributed by atoms with Gasteiger partial charge in [-0.2, -0.15) is 0 Å². The first kappa shape index (κ1) is 18.4. The first-order chi connectivity index (χ1) is 12.6. The molecule has 0 amide bonds. The molecule has 2 aromatic carbocycles. The predicted octanol–water partition coefficient (Wildman–Crippen LogP) is 6.69. The quantitative estimate of drug-likeness (QED) is 0.547. The Bertz CT molecular complexity index is 856. The van der Waals surface area contributed by atoms with E-state index in [0.717, 1.165) is 37.4 Å². The highest BCUT2D eigenvalue weighted by Gasteiger charge is 2.25. The maximum atomic E-state index is 6.22. The summed E-state index contributed by atoms with van der Waals surface area (Å²) >= 11 is 18.3. The minimum Gasteiger partial charge on any atom is -0.299 e. The van der Waals surface area contributed by atoms with Crippen LogP contribution in [0.15, 0.2) is 42.0 Å². The fourth-order valence-electron chi connectivity index (χ4n) is 4.19. The topological polar surface area (TPSA) is 3.24 Å². The number of fused-ring (bicyclic) bond motifs is 2. The van der Waals surface area contributed by atoms with Crippen LogP contribution < -0.4 is 0 Å². The van der Waals surface area contributed by atoms with E-state index in [4.69, 9.17) is 34.8 Å². The second kappa shape index (κ2) is 7.94. The Labute approximate surface area is 170 Å². The third-order valence-electron chi connectivity index (χ3n) is 5.47. The molecule has 0 N–H and O–H groups in total. The number of halogens is 3. The average Bonchev–Trinajstić information content (AvgIpc) is 2.82. The van der Waals surface area contributed by atoms with Gasteiger partial charge in [0.2, 0.25) is 0 Å². The highest BCUT2D eigenvalue weighted by molar-refractivity contribution is 6.42. The number of benzene rings is 2. The van der Waals surface area contributed by atoms with Crippen LogP contribution >= 0.6 is 34.8 Å². The van der Waals surface area contributed by atoms with E-state index in [-0.39, 0.29) is 0 Å². The van der Waals surface area contributed by atoms with Gasteiger partial charge in [-0.25, -0.2) is 0 Å². The molecule has 26 heavy (non-hydrogen) atoms. The van der Waals surface area contributed by atoms with Crippen LogP contribution in [0.25, 0.3) is 5.57 Å². The smallest absolute Gasteiger partial charge is 0.0595 e. The molecule has 0 fully saturated rings. The highest BCUT2D eigenvalue weighted by atomic mass is 35.5. The van der Waals surface area contributed by atoms with Crippen LogP contribution in [0.5, 0.6) is 0 Å². The Morgan fingerprint density at radius 2 is 1.85 bits per heavy atom. The van der Waals surface area contributed by atoms with Gasteiger partial charge in [-0.05, 0) is 97.3 Å². The van der Waals surface area contributed by atoms with Crippen molar-refractivity contribution >= 4 is 40.4 Å². The van der Waals surface area contributed by atoms with E-state index in [1.54, 1.807) is 11.1 Å². The largest absolute Gasteiger partial charge is 0.299 e. The molecule has 0 saturated carbocycles. The molecule has 0 aromatic heterocycles. The van der Waals surface area contributed by atoms with Crippen molar-refractivity contribution in [3.8, 4) is 0 Å². The van der Waals surface area contributed by atoms with Gasteiger partial charge in [0.1, 0.15) is 0 Å². The molecule has 4 rings (SSSR count). The molecule has 2 aliphatic rings. The van der Waals surface area contributed by atoms with Gasteiger partial charge in [0.15, 0.2) is 0 Å². The zero-order chi connectivity index (χ0) is 18.1. The fourth-order valence-corrected chi connectivity index (χ4v) is 4.69. The zero-order valence-electron chi connectivity index (χ0n) is 14.7. The molecule has 1 heterocycles. The van der Waals surface area contributed by atoms with E-state index in [2.05, 4.69) is 23.1 Å². The molecule has 0 atom stereocenters. The van der Waals surface area contributed by atoms with Crippen LogP contribution in [0.2, 0.25) is 15.1 Å². The van der Waals surface area contributed by atoms with Crippen LogP contribution in [-0.4, -0.2) is 24.5 Å². The molecule has 0 unspecified atom stereocenters. The van der Waals surface area contributed by atoms with Gasteiger partial charge in [0.05, 0.1) is 10.0 Å². The van der Waals surface area contributed by atoms with Crippen molar-refractivity contribution < 1.29 is 0 Å². The molecule has 1 nitrogen and oxygen atoms in total. The van der Waals surface area contributed by atoms with Crippen LogP contribution in [0.1, 0.15) is 36.0 Å². The summed E-state index contributed by atoms with van der Waals surface area (Å²) in [6, 6.07) is 12.3. The highest BCUT2D eigenvalue weighted by Crippen LogP contribution is 2.39. The molecule has 0 saturated heterocycles. The van der Waals surface area contributed by atoms with Crippen molar-refractivity contribution in [2.75, 3.05) is 19.6 Å².